The fourth-order valence-electron chi connectivity index (χ4n) is 1.89. The van der Waals surface area contributed by atoms with Gasteiger partial charge in [-0.25, -0.2) is 0 Å². The van der Waals surface area contributed by atoms with Crippen LogP contribution in [0.4, 0.5) is 5.82 Å². The molecule has 1 aromatic carbocycles. The van der Waals surface area contributed by atoms with Crippen molar-refractivity contribution in [2.45, 2.75) is 20.8 Å². The predicted molar refractivity (Wildman–Crippen MR) is 72.6 cm³/mol. The van der Waals surface area contributed by atoms with Crippen LogP contribution in [0, 0.1) is 20.8 Å². The van der Waals surface area contributed by atoms with E-state index in [0.717, 1.165) is 33.7 Å². The van der Waals surface area contributed by atoms with Crippen molar-refractivity contribution in [1.29, 1.82) is 0 Å². The summed E-state index contributed by atoms with van der Waals surface area (Å²) >= 11 is 0. The summed E-state index contributed by atoms with van der Waals surface area (Å²) in [4.78, 5) is 0. The zero-order valence-corrected chi connectivity index (χ0v) is 11.1. The van der Waals surface area contributed by atoms with Crippen LogP contribution in [0.1, 0.15) is 16.7 Å². The Morgan fingerprint density at radius 3 is 2.44 bits per heavy atom. The Morgan fingerprint density at radius 1 is 1.06 bits per heavy atom. The maximum Gasteiger partial charge on any atom is 0.149 e. The Kier molecular flexibility index (Phi) is 3.19. The second-order valence-corrected chi connectivity index (χ2v) is 4.39. The van der Waals surface area contributed by atoms with E-state index in [1.54, 1.807) is 7.11 Å². The highest BCUT2D eigenvalue weighted by molar-refractivity contribution is 5.72. The number of anilines is 1. The molecule has 4 nitrogen and oxygen atoms in total. The summed E-state index contributed by atoms with van der Waals surface area (Å²) in [5, 5.41) is 8.20. The molecule has 0 aliphatic carbocycles. The number of nitrogens with two attached hydrogens (primary N) is 1. The molecule has 0 saturated carbocycles. The number of aryl methyl sites for hydroxylation is 1. The van der Waals surface area contributed by atoms with Crippen molar-refractivity contribution < 1.29 is 4.74 Å². The molecule has 4 heteroatoms. The van der Waals surface area contributed by atoms with Crippen molar-refractivity contribution in [1.82, 2.24) is 10.2 Å². The molecule has 0 bridgehead atoms. The quantitative estimate of drug-likeness (QED) is 0.880. The Hall–Kier alpha value is -2.10. The molecule has 0 spiro atoms. The second-order valence-electron chi connectivity index (χ2n) is 4.39. The molecule has 94 valence electrons. The van der Waals surface area contributed by atoms with Crippen molar-refractivity contribution >= 4 is 5.82 Å². The minimum atomic E-state index is 0.475. The molecule has 0 radical (unpaired) electrons. The number of rotatable bonds is 2. The predicted octanol–water partition coefficient (Wildman–Crippen LogP) is 2.66. The summed E-state index contributed by atoms with van der Waals surface area (Å²) < 4.78 is 5.38. The van der Waals surface area contributed by atoms with Crippen LogP contribution < -0.4 is 10.5 Å². The summed E-state index contributed by atoms with van der Waals surface area (Å²) in [5.41, 5.74) is 10.7. The third kappa shape index (κ3) is 2.01. The molecule has 2 aromatic rings. The fourth-order valence-corrected chi connectivity index (χ4v) is 1.89. The number of nitrogens with zero attached hydrogens (tertiary/aromatic N) is 2. The Labute approximate surface area is 107 Å². The average Bonchev–Trinajstić information content (AvgIpc) is 2.36. The van der Waals surface area contributed by atoms with Gasteiger partial charge in [0.1, 0.15) is 11.6 Å². The Balaban J connectivity index is 2.69. The van der Waals surface area contributed by atoms with E-state index in [4.69, 9.17) is 10.5 Å². The highest BCUT2D eigenvalue weighted by Gasteiger charge is 2.13. The van der Waals surface area contributed by atoms with E-state index in [0.29, 0.717) is 5.82 Å². The van der Waals surface area contributed by atoms with Gasteiger partial charge in [-0.05, 0) is 44.0 Å². The minimum Gasteiger partial charge on any atom is -0.496 e. The highest BCUT2D eigenvalue weighted by Crippen LogP contribution is 2.32. The van der Waals surface area contributed by atoms with Crippen molar-refractivity contribution in [3.63, 3.8) is 0 Å². The van der Waals surface area contributed by atoms with Gasteiger partial charge in [0.15, 0.2) is 0 Å². The number of nitrogen functional groups attached to an aromatic ring is 1. The first-order valence-corrected chi connectivity index (χ1v) is 5.79. The lowest BCUT2D eigenvalue weighted by atomic mass is 10.0. The minimum absolute atomic E-state index is 0.475. The molecule has 0 saturated heterocycles. The average molecular weight is 243 g/mol. The molecule has 0 amide bonds. The monoisotopic (exact) mass is 243 g/mol. The molecular weight excluding hydrogens is 226 g/mol. The standard InChI is InChI=1S/C14H17N3O/c1-8-5-6-12(18-4)11(7-8)13-9(2)10(3)14(15)17-16-13/h5-7H,1-4H3,(H2,15,17). The third-order valence-electron chi connectivity index (χ3n) is 3.17. The summed E-state index contributed by atoms with van der Waals surface area (Å²) in [6.45, 7) is 5.98. The Bertz CT molecular complexity index is 594. The topological polar surface area (TPSA) is 61.0 Å². The highest BCUT2D eigenvalue weighted by atomic mass is 16.5. The van der Waals surface area contributed by atoms with Crippen molar-refractivity contribution in [3.05, 3.63) is 34.9 Å². The van der Waals surface area contributed by atoms with Gasteiger partial charge in [0.2, 0.25) is 0 Å². The molecule has 2 N–H and O–H groups in total. The van der Waals surface area contributed by atoms with Gasteiger partial charge in [0.05, 0.1) is 12.8 Å². The van der Waals surface area contributed by atoms with Crippen molar-refractivity contribution in [2.75, 3.05) is 12.8 Å². The first-order valence-electron chi connectivity index (χ1n) is 5.79. The Morgan fingerprint density at radius 2 is 1.78 bits per heavy atom. The maximum absolute atomic E-state index is 5.76. The van der Waals surface area contributed by atoms with Gasteiger partial charge in [0, 0.05) is 5.56 Å². The molecule has 2 rings (SSSR count). The normalized spacial score (nSPS) is 10.4. The first kappa shape index (κ1) is 12.4. The molecule has 0 aliphatic heterocycles. The maximum atomic E-state index is 5.76. The lowest BCUT2D eigenvalue weighted by Gasteiger charge is -2.12. The van der Waals surface area contributed by atoms with Crippen molar-refractivity contribution in [2.24, 2.45) is 0 Å². The van der Waals surface area contributed by atoms with Crippen molar-refractivity contribution in [3.8, 4) is 17.0 Å². The molecule has 0 unspecified atom stereocenters. The molecular formula is C14H17N3O. The molecule has 0 fully saturated rings. The van der Waals surface area contributed by atoms with E-state index < -0.39 is 0 Å². The van der Waals surface area contributed by atoms with E-state index in [-0.39, 0.29) is 0 Å². The van der Waals surface area contributed by atoms with Gasteiger partial charge < -0.3 is 10.5 Å². The number of benzene rings is 1. The summed E-state index contributed by atoms with van der Waals surface area (Å²) in [5.74, 6) is 1.27. The van der Waals surface area contributed by atoms with E-state index in [9.17, 15) is 0 Å². The molecule has 18 heavy (non-hydrogen) atoms. The number of aromatic nitrogens is 2. The largest absolute Gasteiger partial charge is 0.496 e. The van der Waals surface area contributed by atoms with Crippen LogP contribution in [0.3, 0.4) is 0 Å². The molecule has 1 heterocycles. The van der Waals surface area contributed by atoms with Gasteiger partial charge in [-0.1, -0.05) is 11.6 Å². The zero-order valence-electron chi connectivity index (χ0n) is 11.1. The van der Waals surface area contributed by atoms with Gasteiger partial charge in [-0.3, -0.25) is 0 Å². The van der Waals surface area contributed by atoms with E-state index >= 15 is 0 Å². The number of hydrogen-bond acceptors (Lipinski definition) is 4. The molecule has 0 atom stereocenters. The molecule has 0 aliphatic rings. The summed E-state index contributed by atoms with van der Waals surface area (Å²) in [6.07, 6.45) is 0. The van der Waals surface area contributed by atoms with Gasteiger partial charge >= 0.3 is 0 Å². The van der Waals surface area contributed by atoms with Crippen LogP contribution in [0.15, 0.2) is 18.2 Å². The number of ether oxygens (including phenoxy) is 1. The van der Waals surface area contributed by atoms with Crippen LogP contribution in [0.5, 0.6) is 5.75 Å². The molecule has 1 aromatic heterocycles. The van der Waals surface area contributed by atoms with Gasteiger partial charge in [-0.15, -0.1) is 10.2 Å². The second kappa shape index (κ2) is 4.64. The van der Waals surface area contributed by atoms with Gasteiger partial charge in [0.25, 0.3) is 0 Å². The van der Waals surface area contributed by atoms with Crippen LogP contribution >= 0.6 is 0 Å². The lowest BCUT2D eigenvalue weighted by molar-refractivity contribution is 0.416. The number of methoxy groups -OCH3 is 1. The SMILES string of the molecule is COc1ccc(C)cc1-c1nnc(N)c(C)c1C. The van der Waals surface area contributed by atoms with Crippen LogP contribution in [-0.2, 0) is 0 Å². The van der Waals surface area contributed by atoms with Crippen LogP contribution in [-0.4, -0.2) is 17.3 Å². The summed E-state index contributed by atoms with van der Waals surface area (Å²) in [7, 11) is 1.65. The number of hydrogen-bond donors (Lipinski definition) is 1. The van der Waals surface area contributed by atoms with Crippen LogP contribution in [0.25, 0.3) is 11.3 Å². The van der Waals surface area contributed by atoms with Crippen LogP contribution in [0.2, 0.25) is 0 Å². The fraction of sp³-hybridized carbons (Fsp3) is 0.286. The summed E-state index contributed by atoms with van der Waals surface area (Å²) in [6, 6.07) is 6.00. The lowest BCUT2D eigenvalue weighted by Crippen LogP contribution is -2.03. The van der Waals surface area contributed by atoms with E-state index in [2.05, 4.69) is 10.2 Å². The third-order valence-corrected chi connectivity index (χ3v) is 3.17. The van der Waals surface area contributed by atoms with E-state index in [1.807, 2.05) is 39.0 Å². The smallest absolute Gasteiger partial charge is 0.149 e. The van der Waals surface area contributed by atoms with Gasteiger partial charge in [-0.2, -0.15) is 0 Å². The zero-order chi connectivity index (χ0) is 13.3. The first-order chi connectivity index (χ1) is 8.54. The van der Waals surface area contributed by atoms with E-state index in [1.165, 1.54) is 0 Å².